The fraction of sp³-hybridized carbons (Fsp3) is 0.714. The molecule has 2 aliphatic heterocycles. The van der Waals surface area contributed by atoms with Gasteiger partial charge in [0.05, 0.1) is 12.2 Å². The first-order valence-electron chi connectivity index (χ1n) is 10.8. The van der Waals surface area contributed by atoms with Crippen LogP contribution >= 0.6 is 0 Å². The lowest BCUT2D eigenvalue weighted by Gasteiger charge is -2.39. The monoisotopic (exact) mass is 398 g/mol. The smallest absolute Gasteiger partial charge is 0.244 e. The van der Waals surface area contributed by atoms with Crippen LogP contribution < -0.4 is 0 Å². The van der Waals surface area contributed by atoms with Crippen molar-refractivity contribution in [3.05, 3.63) is 29.7 Å². The van der Waals surface area contributed by atoms with E-state index in [2.05, 4.69) is 22.2 Å². The molecule has 2 saturated heterocycles. The maximum Gasteiger partial charge on any atom is 0.244 e. The van der Waals surface area contributed by atoms with E-state index in [1.54, 1.807) is 10.9 Å². The van der Waals surface area contributed by atoms with E-state index in [1.165, 1.54) is 19.3 Å². The standard InChI is InChI=1S/C21H30N6O2/c1-15-11-22-27(12-15)13-18(28)26-8-6-21(7-9-26)10-17(25(2)14-21)19-23-20(29-24-19)16-4-3-5-16/h11-12,16-17H,3-10,13-14H2,1-2H3. The second-order valence-electron chi connectivity index (χ2n) is 9.35. The molecule has 3 fully saturated rings. The van der Waals surface area contributed by atoms with Gasteiger partial charge in [-0.1, -0.05) is 11.6 Å². The molecule has 1 aliphatic carbocycles. The molecule has 4 heterocycles. The Balaban J connectivity index is 1.19. The summed E-state index contributed by atoms with van der Waals surface area (Å²) in [7, 11) is 2.16. The van der Waals surface area contributed by atoms with Gasteiger partial charge in [-0.25, -0.2) is 0 Å². The highest BCUT2D eigenvalue weighted by molar-refractivity contribution is 5.76. The minimum Gasteiger partial charge on any atom is -0.341 e. The lowest BCUT2D eigenvalue weighted by atomic mass is 9.76. The predicted molar refractivity (Wildman–Crippen MR) is 106 cm³/mol. The minimum absolute atomic E-state index is 0.161. The van der Waals surface area contributed by atoms with Gasteiger partial charge in [-0.3, -0.25) is 14.4 Å². The quantitative estimate of drug-likeness (QED) is 0.787. The van der Waals surface area contributed by atoms with Gasteiger partial charge < -0.3 is 9.42 Å². The highest BCUT2D eigenvalue weighted by Gasteiger charge is 2.46. The Labute approximate surface area is 171 Å². The fourth-order valence-corrected chi connectivity index (χ4v) is 5.15. The van der Waals surface area contributed by atoms with Gasteiger partial charge in [0, 0.05) is 31.7 Å². The number of rotatable bonds is 4. The Morgan fingerprint density at radius 1 is 1.31 bits per heavy atom. The number of likely N-dealkylation sites (tertiary alicyclic amines) is 2. The van der Waals surface area contributed by atoms with Crippen molar-refractivity contribution in [3.63, 3.8) is 0 Å². The van der Waals surface area contributed by atoms with E-state index in [9.17, 15) is 4.79 Å². The van der Waals surface area contributed by atoms with Crippen LogP contribution in [0.4, 0.5) is 0 Å². The minimum atomic E-state index is 0.161. The van der Waals surface area contributed by atoms with Crippen molar-refractivity contribution in [2.24, 2.45) is 5.41 Å². The molecule has 156 valence electrons. The van der Waals surface area contributed by atoms with Crippen molar-refractivity contribution in [2.75, 3.05) is 26.7 Å². The largest absolute Gasteiger partial charge is 0.341 e. The highest BCUT2D eigenvalue weighted by Crippen LogP contribution is 2.48. The van der Waals surface area contributed by atoms with Crippen molar-refractivity contribution >= 4 is 5.91 Å². The summed E-state index contributed by atoms with van der Waals surface area (Å²) in [6, 6.07) is 0.224. The van der Waals surface area contributed by atoms with Crippen LogP contribution in [-0.4, -0.2) is 62.3 Å². The van der Waals surface area contributed by atoms with Crippen molar-refractivity contribution in [1.82, 2.24) is 29.7 Å². The average molecular weight is 399 g/mol. The van der Waals surface area contributed by atoms with Crippen LogP contribution in [0.5, 0.6) is 0 Å². The number of amides is 1. The van der Waals surface area contributed by atoms with Crippen LogP contribution in [0.3, 0.4) is 0 Å². The topological polar surface area (TPSA) is 80.3 Å². The summed E-state index contributed by atoms with van der Waals surface area (Å²) >= 11 is 0. The molecule has 0 N–H and O–H groups in total. The molecule has 0 bridgehead atoms. The molecule has 8 nitrogen and oxygen atoms in total. The molecule has 3 aliphatic rings. The SMILES string of the molecule is Cc1cnn(CC(=O)N2CCC3(CC2)CC(c2noc(C4CCC4)n2)N(C)C3)c1. The number of piperidine rings is 1. The lowest BCUT2D eigenvalue weighted by Crippen LogP contribution is -2.45. The van der Waals surface area contributed by atoms with Gasteiger partial charge in [0.2, 0.25) is 11.8 Å². The summed E-state index contributed by atoms with van der Waals surface area (Å²) in [5.74, 6) is 2.31. The van der Waals surface area contributed by atoms with E-state index in [1.807, 2.05) is 18.0 Å². The number of nitrogens with zero attached hydrogens (tertiary/aromatic N) is 6. The van der Waals surface area contributed by atoms with Crippen molar-refractivity contribution in [2.45, 2.75) is 64.0 Å². The Morgan fingerprint density at radius 3 is 2.76 bits per heavy atom. The van der Waals surface area contributed by atoms with Crippen LogP contribution in [0.2, 0.25) is 0 Å². The van der Waals surface area contributed by atoms with E-state index >= 15 is 0 Å². The zero-order valence-electron chi connectivity index (χ0n) is 17.4. The third kappa shape index (κ3) is 3.58. The van der Waals surface area contributed by atoms with Gasteiger partial charge >= 0.3 is 0 Å². The molecule has 1 atom stereocenters. The second kappa shape index (κ2) is 7.23. The predicted octanol–water partition coefficient (Wildman–Crippen LogP) is 2.53. The summed E-state index contributed by atoms with van der Waals surface area (Å²) in [6.07, 6.45) is 10.4. The van der Waals surface area contributed by atoms with E-state index in [0.29, 0.717) is 12.5 Å². The second-order valence-corrected chi connectivity index (χ2v) is 9.35. The summed E-state index contributed by atoms with van der Waals surface area (Å²) in [4.78, 5) is 21.8. The molecule has 0 aromatic carbocycles. The first-order valence-corrected chi connectivity index (χ1v) is 10.8. The zero-order valence-corrected chi connectivity index (χ0v) is 17.4. The van der Waals surface area contributed by atoms with E-state index in [-0.39, 0.29) is 17.4 Å². The third-order valence-electron chi connectivity index (χ3n) is 7.19. The van der Waals surface area contributed by atoms with Crippen LogP contribution in [0.25, 0.3) is 0 Å². The van der Waals surface area contributed by atoms with E-state index in [4.69, 9.17) is 9.51 Å². The average Bonchev–Trinajstić information content (AvgIpc) is 3.35. The summed E-state index contributed by atoms with van der Waals surface area (Å²) in [5.41, 5.74) is 1.33. The third-order valence-corrected chi connectivity index (χ3v) is 7.19. The molecule has 2 aromatic rings. The van der Waals surface area contributed by atoms with Crippen LogP contribution in [0, 0.1) is 12.3 Å². The molecule has 29 heavy (non-hydrogen) atoms. The number of aromatic nitrogens is 4. The summed E-state index contributed by atoms with van der Waals surface area (Å²) in [5, 5.41) is 8.56. The summed E-state index contributed by atoms with van der Waals surface area (Å²) in [6.45, 7) is 4.99. The highest BCUT2D eigenvalue weighted by atomic mass is 16.5. The van der Waals surface area contributed by atoms with Gasteiger partial charge in [0.1, 0.15) is 6.54 Å². The van der Waals surface area contributed by atoms with Gasteiger partial charge in [0.25, 0.3) is 0 Å². The first-order chi connectivity index (χ1) is 14.0. The van der Waals surface area contributed by atoms with Crippen molar-refractivity contribution < 1.29 is 9.32 Å². The van der Waals surface area contributed by atoms with Crippen LogP contribution in [0.15, 0.2) is 16.9 Å². The molecule has 0 radical (unpaired) electrons. The van der Waals surface area contributed by atoms with Gasteiger partial charge in [-0.15, -0.1) is 0 Å². The van der Waals surface area contributed by atoms with E-state index < -0.39 is 0 Å². The first kappa shape index (κ1) is 18.8. The Bertz CT molecular complexity index is 877. The molecule has 1 amide bonds. The molecule has 1 unspecified atom stereocenters. The number of carbonyl (C=O) groups is 1. The molecule has 8 heteroatoms. The number of aryl methyl sites for hydroxylation is 1. The molecule has 2 aromatic heterocycles. The molecule has 1 spiro atoms. The van der Waals surface area contributed by atoms with Gasteiger partial charge in [0.15, 0.2) is 5.82 Å². The van der Waals surface area contributed by atoms with E-state index in [0.717, 1.165) is 56.2 Å². The Morgan fingerprint density at radius 2 is 2.10 bits per heavy atom. The van der Waals surface area contributed by atoms with Gasteiger partial charge in [-0.2, -0.15) is 10.1 Å². The summed E-state index contributed by atoms with van der Waals surface area (Å²) < 4.78 is 7.30. The van der Waals surface area contributed by atoms with Crippen LogP contribution in [0.1, 0.15) is 67.8 Å². The maximum atomic E-state index is 12.7. The van der Waals surface area contributed by atoms with Crippen molar-refractivity contribution in [1.29, 1.82) is 0 Å². The fourth-order valence-electron chi connectivity index (χ4n) is 5.15. The number of carbonyl (C=O) groups excluding carboxylic acids is 1. The normalized spacial score (nSPS) is 24.9. The van der Waals surface area contributed by atoms with Gasteiger partial charge in [-0.05, 0) is 57.1 Å². The number of hydrogen-bond acceptors (Lipinski definition) is 6. The maximum absolute atomic E-state index is 12.7. The zero-order chi connectivity index (χ0) is 20.0. The molecule has 1 saturated carbocycles. The van der Waals surface area contributed by atoms with Crippen LogP contribution in [-0.2, 0) is 11.3 Å². The Hall–Kier alpha value is -2.22. The Kier molecular flexibility index (Phi) is 4.69. The van der Waals surface area contributed by atoms with Crippen molar-refractivity contribution in [3.8, 4) is 0 Å². The molecular formula is C21H30N6O2. The molecular weight excluding hydrogens is 368 g/mol. The number of hydrogen-bond donors (Lipinski definition) is 0. The molecule has 5 rings (SSSR count). The lowest BCUT2D eigenvalue weighted by molar-refractivity contribution is -0.134.